The van der Waals surface area contributed by atoms with Crippen molar-refractivity contribution in [2.24, 2.45) is 11.7 Å². The second-order valence-corrected chi connectivity index (χ2v) is 11.6. The van der Waals surface area contributed by atoms with E-state index in [1.807, 2.05) is 27.7 Å². The molecule has 0 rings (SSSR count). The molecular weight excluding hydrogens is 566 g/mol. The van der Waals surface area contributed by atoms with E-state index in [-0.39, 0.29) is 29.8 Å². The minimum absolute atomic E-state index is 0.0121. The van der Waals surface area contributed by atoms with Crippen LogP contribution in [0.4, 0.5) is 0 Å². The SMILES string of the molecule is CCCC[C@H](NC)C(=O)N(C)[C@@H](CCCC)C(=O)N[C@@H](CC(C)C)C(=O)N[C@@H](CSCC(=O)NO)C(=O)NCC(N)=O. The Morgan fingerprint density at radius 3 is 2.00 bits per heavy atom. The number of nitrogens with zero attached hydrogens (tertiary/aromatic N) is 1. The van der Waals surface area contributed by atoms with E-state index in [4.69, 9.17) is 10.9 Å². The van der Waals surface area contributed by atoms with Crippen molar-refractivity contribution in [3.05, 3.63) is 0 Å². The Balaban J connectivity index is 5.90. The number of nitrogens with one attached hydrogen (secondary N) is 5. The molecule has 42 heavy (non-hydrogen) atoms. The summed E-state index contributed by atoms with van der Waals surface area (Å²) in [5.41, 5.74) is 6.60. The summed E-state index contributed by atoms with van der Waals surface area (Å²) in [6.45, 7) is 7.32. The molecular formula is C27H51N7O7S. The van der Waals surface area contributed by atoms with Crippen LogP contribution in [-0.4, -0.2) is 102 Å². The molecule has 0 aliphatic carbocycles. The van der Waals surface area contributed by atoms with Gasteiger partial charge in [-0.3, -0.25) is 34.0 Å². The minimum Gasteiger partial charge on any atom is -0.368 e. The van der Waals surface area contributed by atoms with E-state index >= 15 is 0 Å². The van der Waals surface area contributed by atoms with Crippen molar-refractivity contribution in [3.8, 4) is 0 Å². The molecule has 0 radical (unpaired) electrons. The Labute approximate surface area is 253 Å². The molecule has 0 aromatic heterocycles. The molecule has 0 fully saturated rings. The molecule has 0 unspecified atom stereocenters. The van der Waals surface area contributed by atoms with Crippen LogP contribution >= 0.6 is 11.8 Å². The van der Waals surface area contributed by atoms with Crippen LogP contribution < -0.4 is 32.5 Å². The molecule has 0 heterocycles. The van der Waals surface area contributed by atoms with Crippen molar-refractivity contribution in [2.75, 3.05) is 32.1 Å². The predicted molar refractivity (Wildman–Crippen MR) is 161 cm³/mol. The van der Waals surface area contributed by atoms with E-state index in [1.165, 1.54) is 10.4 Å². The van der Waals surface area contributed by atoms with E-state index < -0.39 is 60.2 Å². The largest absolute Gasteiger partial charge is 0.368 e. The molecule has 0 bridgehead atoms. The third-order valence-electron chi connectivity index (χ3n) is 6.49. The highest BCUT2D eigenvalue weighted by Gasteiger charge is 2.34. The Morgan fingerprint density at radius 2 is 1.48 bits per heavy atom. The molecule has 0 aliphatic heterocycles. The Bertz CT molecular complexity index is 891. The number of hydroxylamine groups is 1. The summed E-state index contributed by atoms with van der Waals surface area (Å²) in [6.07, 6.45) is 4.57. The van der Waals surface area contributed by atoms with Gasteiger partial charge in [0.2, 0.25) is 29.5 Å². The Hall–Kier alpha value is -2.91. The maximum atomic E-state index is 13.6. The lowest BCUT2D eigenvalue weighted by Gasteiger charge is -2.32. The molecule has 0 aromatic carbocycles. The number of amides is 6. The van der Waals surface area contributed by atoms with Crippen molar-refractivity contribution in [1.82, 2.24) is 31.6 Å². The number of thioether (sulfide) groups is 1. The molecule has 242 valence electrons. The highest BCUT2D eigenvalue weighted by molar-refractivity contribution is 8.00. The summed E-state index contributed by atoms with van der Waals surface area (Å²) in [7, 11) is 3.30. The summed E-state index contributed by atoms with van der Waals surface area (Å²) in [5.74, 6) is -3.77. The zero-order valence-corrected chi connectivity index (χ0v) is 26.6. The van der Waals surface area contributed by atoms with Gasteiger partial charge in [-0.25, -0.2) is 5.48 Å². The summed E-state index contributed by atoms with van der Waals surface area (Å²) in [6, 6.07) is -3.44. The first kappa shape index (κ1) is 39.1. The van der Waals surface area contributed by atoms with Crippen LogP contribution in [0.5, 0.6) is 0 Å². The van der Waals surface area contributed by atoms with Crippen LogP contribution in [0.2, 0.25) is 0 Å². The first-order valence-electron chi connectivity index (χ1n) is 14.4. The monoisotopic (exact) mass is 617 g/mol. The number of hydrogen-bond acceptors (Lipinski definition) is 9. The van der Waals surface area contributed by atoms with E-state index in [9.17, 15) is 28.8 Å². The van der Waals surface area contributed by atoms with Gasteiger partial charge in [-0.2, -0.15) is 0 Å². The van der Waals surface area contributed by atoms with Crippen LogP contribution in [-0.2, 0) is 28.8 Å². The van der Waals surface area contributed by atoms with Gasteiger partial charge in [-0.05, 0) is 32.2 Å². The van der Waals surface area contributed by atoms with Crippen LogP contribution in [0.25, 0.3) is 0 Å². The lowest BCUT2D eigenvalue weighted by atomic mass is 10.0. The van der Waals surface area contributed by atoms with E-state index in [0.29, 0.717) is 19.3 Å². The Morgan fingerprint density at radius 1 is 0.881 bits per heavy atom. The van der Waals surface area contributed by atoms with Gasteiger partial charge in [-0.15, -0.1) is 11.8 Å². The van der Waals surface area contributed by atoms with Gasteiger partial charge in [0.1, 0.15) is 18.1 Å². The highest BCUT2D eigenvalue weighted by atomic mass is 32.2. The van der Waals surface area contributed by atoms with Gasteiger partial charge < -0.3 is 31.9 Å². The maximum absolute atomic E-state index is 13.6. The predicted octanol–water partition coefficient (Wildman–Crippen LogP) is -0.362. The lowest BCUT2D eigenvalue weighted by molar-refractivity contribution is -0.142. The fourth-order valence-corrected chi connectivity index (χ4v) is 4.96. The van der Waals surface area contributed by atoms with Crippen LogP contribution in [0.15, 0.2) is 0 Å². The summed E-state index contributed by atoms with van der Waals surface area (Å²) in [5, 5.41) is 19.5. The molecule has 6 amide bonds. The van der Waals surface area contributed by atoms with Crippen molar-refractivity contribution < 1.29 is 34.0 Å². The van der Waals surface area contributed by atoms with Crippen molar-refractivity contribution in [2.45, 2.75) is 96.8 Å². The fraction of sp³-hybridized carbons (Fsp3) is 0.778. The topological polar surface area (TPSA) is 212 Å². The number of unbranched alkanes of at least 4 members (excludes halogenated alkanes) is 2. The number of carbonyl (C=O) groups is 6. The number of hydrogen-bond donors (Lipinski definition) is 7. The van der Waals surface area contributed by atoms with Crippen LogP contribution in [0.1, 0.15) is 72.6 Å². The van der Waals surface area contributed by atoms with Crippen molar-refractivity contribution in [1.29, 1.82) is 0 Å². The molecule has 0 saturated heterocycles. The molecule has 0 spiro atoms. The molecule has 0 saturated carbocycles. The van der Waals surface area contributed by atoms with Crippen LogP contribution in [0.3, 0.4) is 0 Å². The van der Waals surface area contributed by atoms with E-state index in [2.05, 4.69) is 21.3 Å². The molecule has 14 nitrogen and oxygen atoms in total. The zero-order valence-electron chi connectivity index (χ0n) is 25.8. The quantitative estimate of drug-likeness (QED) is 0.0623. The van der Waals surface area contributed by atoms with E-state index in [1.54, 1.807) is 14.1 Å². The molecule has 8 N–H and O–H groups in total. The van der Waals surface area contributed by atoms with Gasteiger partial charge >= 0.3 is 0 Å². The van der Waals surface area contributed by atoms with Gasteiger partial charge in [0.05, 0.1) is 18.3 Å². The number of carbonyl (C=O) groups excluding carboxylic acids is 6. The van der Waals surface area contributed by atoms with Crippen molar-refractivity contribution in [3.63, 3.8) is 0 Å². The number of nitrogens with two attached hydrogens (primary N) is 1. The summed E-state index contributed by atoms with van der Waals surface area (Å²) >= 11 is 0.968. The van der Waals surface area contributed by atoms with Crippen LogP contribution in [0, 0.1) is 5.92 Å². The maximum Gasteiger partial charge on any atom is 0.253 e. The third kappa shape index (κ3) is 15.4. The average molecular weight is 618 g/mol. The third-order valence-corrected chi connectivity index (χ3v) is 7.53. The van der Waals surface area contributed by atoms with E-state index in [0.717, 1.165) is 31.0 Å². The average Bonchev–Trinajstić information content (AvgIpc) is 2.94. The smallest absolute Gasteiger partial charge is 0.253 e. The highest BCUT2D eigenvalue weighted by Crippen LogP contribution is 2.14. The fourth-order valence-electron chi connectivity index (χ4n) is 4.12. The second-order valence-electron chi connectivity index (χ2n) is 10.6. The minimum atomic E-state index is -1.17. The lowest BCUT2D eigenvalue weighted by Crippen LogP contribution is -2.59. The van der Waals surface area contributed by atoms with Gasteiger partial charge in [0, 0.05) is 12.8 Å². The molecule has 4 atom stereocenters. The standard InChI is InChI=1S/C27H51N7O7S/c1-7-9-11-18(29-5)27(40)34(6)21(12-10-8-2)26(39)31-19(13-17(3)4)25(38)32-20(15-42-16-23(36)33-41)24(37)30-14-22(28)35/h17-21,29,41H,7-16H2,1-6H3,(H2,28,35)(H,30,37)(H,31,39)(H,32,38)(H,33,36)/t18-,19-,20-,21-/m0/s1. The van der Waals surface area contributed by atoms with Gasteiger partial charge in [0.25, 0.3) is 5.91 Å². The number of likely N-dealkylation sites (N-methyl/N-ethyl adjacent to an activating group) is 2. The first-order chi connectivity index (χ1) is 19.8. The van der Waals surface area contributed by atoms with Gasteiger partial charge in [-0.1, -0.05) is 53.4 Å². The number of rotatable bonds is 22. The summed E-state index contributed by atoms with van der Waals surface area (Å²) < 4.78 is 0. The normalized spacial score (nSPS) is 13.8. The van der Waals surface area contributed by atoms with Crippen molar-refractivity contribution >= 4 is 47.2 Å². The molecule has 0 aliphatic rings. The van der Waals surface area contributed by atoms with Gasteiger partial charge in [0.15, 0.2) is 0 Å². The Kier molecular flexibility index (Phi) is 20.2. The summed E-state index contributed by atoms with van der Waals surface area (Å²) in [4.78, 5) is 77.0. The number of primary amides is 1. The molecule has 0 aromatic rings. The first-order valence-corrected chi connectivity index (χ1v) is 15.6. The molecule has 15 heteroatoms. The second kappa shape index (κ2) is 21.7. The zero-order chi connectivity index (χ0) is 32.2.